The van der Waals surface area contributed by atoms with Gasteiger partial charge >= 0.3 is 0 Å². The van der Waals surface area contributed by atoms with E-state index in [1.54, 1.807) is 6.20 Å². The van der Waals surface area contributed by atoms with Gasteiger partial charge in [-0.3, -0.25) is 14.8 Å². The Bertz CT molecular complexity index is 850. The zero-order chi connectivity index (χ0) is 17.1. The first kappa shape index (κ1) is 15.9. The van der Waals surface area contributed by atoms with E-state index in [-0.39, 0.29) is 5.91 Å². The van der Waals surface area contributed by atoms with Gasteiger partial charge in [0.1, 0.15) is 0 Å². The van der Waals surface area contributed by atoms with Gasteiger partial charge in [0.15, 0.2) is 0 Å². The van der Waals surface area contributed by atoms with Crippen molar-refractivity contribution in [3.63, 3.8) is 0 Å². The molecular formula is C18H21N5O2. The number of fused-ring (bicyclic) bond motifs is 1. The van der Waals surface area contributed by atoms with Gasteiger partial charge < -0.3 is 14.6 Å². The summed E-state index contributed by atoms with van der Waals surface area (Å²) in [7, 11) is 0. The molecule has 0 atom stereocenters. The molecule has 130 valence electrons. The van der Waals surface area contributed by atoms with Crippen LogP contribution in [0.15, 0.2) is 42.9 Å². The minimum absolute atomic E-state index is 0.167. The summed E-state index contributed by atoms with van der Waals surface area (Å²) < 4.78 is 7.65. The number of hydrogen-bond acceptors (Lipinski definition) is 4. The van der Waals surface area contributed by atoms with Crippen molar-refractivity contribution in [1.29, 1.82) is 0 Å². The fourth-order valence-corrected chi connectivity index (χ4v) is 3.13. The monoisotopic (exact) mass is 339 g/mol. The molecule has 3 aromatic rings. The van der Waals surface area contributed by atoms with Crippen molar-refractivity contribution in [2.24, 2.45) is 0 Å². The second-order valence-electron chi connectivity index (χ2n) is 6.18. The first-order chi connectivity index (χ1) is 12.3. The zero-order valence-electron chi connectivity index (χ0n) is 13.9. The van der Waals surface area contributed by atoms with Crippen molar-refractivity contribution in [3.05, 3.63) is 48.4 Å². The van der Waals surface area contributed by atoms with Gasteiger partial charge in [-0.2, -0.15) is 5.10 Å². The largest absolute Gasteiger partial charge is 0.379 e. The van der Waals surface area contributed by atoms with E-state index < -0.39 is 0 Å². The van der Waals surface area contributed by atoms with Crippen LogP contribution in [0.1, 0.15) is 10.4 Å². The molecule has 1 amide bonds. The standard InChI is InChI=1S/C18H21N5O2/c24-18(15-12-19-20-13-15)21-16-1-2-17-14(11-16)3-4-23(17)6-5-22-7-9-25-10-8-22/h1-4,11-13H,5-10H2,(H,19,20)(H,21,24). The molecule has 1 aromatic carbocycles. The molecule has 0 radical (unpaired) electrons. The number of rotatable bonds is 5. The van der Waals surface area contributed by atoms with E-state index in [0.29, 0.717) is 5.56 Å². The smallest absolute Gasteiger partial charge is 0.258 e. The molecule has 1 aliphatic rings. The van der Waals surface area contributed by atoms with Crippen molar-refractivity contribution < 1.29 is 9.53 Å². The second-order valence-corrected chi connectivity index (χ2v) is 6.18. The Morgan fingerprint density at radius 1 is 1.24 bits per heavy atom. The Kier molecular flexibility index (Phi) is 4.49. The normalized spacial score (nSPS) is 15.5. The summed E-state index contributed by atoms with van der Waals surface area (Å²) in [6.07, 6.45) is 5.19. The molecule has 4 rings (SSSR count). The lowest BCUT2D eigenvalue weighted by Gasteiger charge is -2.26. The third kappa shape index (κ3) is 3.57. The molecular weight excluding hydrogens is 318 g/mol. The minimum Gasteiger partial charge on any atom is -0.379 e. The second kappa shape index (κ2) is 7.08. The summed E-state index contributed by atoms with van der Waals surface area (Å²) in [6, 6.07) is 8.08. The lowest BCUT2D eigenvalue weighted by atomic mass is 10.2. The SMILES string of the molecule is O=C(Nc1ccc2c(ccn2CCN2CCOCC2)c1)c1cn[nH]c1. The highest BCUT2D eigenvalue weighted by molar-refractivity contribution is 6.04. The molecule has 0 bridgehead atoms. The topological polar surface area (TPSA) is 75.2 Å². The Morgan fingerprint density at radius 3 is 2.92 bits per heavy atom. The van der Waals surface area contributed by atoms with Crippen LogP contribution in [-0.2, 0) is 11.3 Å². The van der Waals surface area contributed by atoms with E-state index in [2.05, 4.69) is 43.3 Å². The summed E-state index contributed by atoms with van der Waals surface area (Å²) in [5.74, 6) is -0.167. The number of aromatic nitrogens is 3. The lowest BCUT2D eigenvalue weighted by Crippen LogP contribution is -2.38. The molecule has 0 aliphatic carbocycles. The van der Waals surface area contributed by atoms with Crippen LogP contribution in [0.4, 0.5) is 5.69 Å². The average Bonchev–Trinajstić information content (AvgIpc) is 3.31. The summed E-state index contributed by atoms with van der Waals surface area (Å²) in [4.78, 5) is 14.5. The summed E-state index contributed by atoms with van der Waals surface area (Å²) in [5.41, 5.74) is 2.47. The van der Waals surface area contributed by atoms with Crippen molar-refractivity contribution in [2.45, 2.75) is 6.54 Å². The van der Waals surface area contributed by atoms with Crippen LogP contribution in [0.3, 0.4) is 0 Å². The minimum atomic E-state index is -0.167. The third-order valence-corrected chi connectivity index (χ3v) is 4.55. The number of nitrogens with zero attached hydrogens (tertiary/aromatic N) is 3. The predicted octanol–water partition coefficient (Wildman–Crippen LogP) is 1.95. The predicted molar refractivity (Wildman–Crippen MR) is 95.7 cm³/mol. The number of amides is 1. The van der Waals surface area contributed by atoms with Gasteiger partial charge in [0.25, 0.3) is 5.91 Å². The Balaban J connectivity index is 1.44. The molecule has 7 nitrogen and oxygen atoms in total. The number of anilines is 1. The quantitative estimate of drug-likeness (QED) is 0.745. The van der Waals surface area contributed by atoms with E-state index in [1.807, 2.05) is 12.1 Å². The maximum atomic E-state index is 12.1. The van der Waals surface area contributed by atoms with Crippen LogP contribution in [0, 0.1) is 0 Å². The molecule has 0 unspecified atom stereocenters. The number of morpholine rings is 1. The van der Waals surface area contributed by atoms with Crippen LogP contribution in [0.2, 0.25) is 0 Å². The van der Waals surface area contributed by atoms with Gasteiger partial charge in [-0.15, -0.1) is 0 Å². The fourth-order valence-electron chi connectivity index (χ4n) is 3.13. The Hall–Kier alpha value is -2.64. The van der Waals surface area contributed by atoms with Gasteiger partial charge in [0.05, 0.1) is 25.0 Å². The van der Waals surface area contributed by atoms with Crippen molar-refractivity contribution >= 4 is 22.5 Å². The summed E-state index contributed by atoms with van der Waals surface area (Å²) in [6.45, 7) is 5.63. The van der Waals surface area contributed by atoms with Crippen molar-refractivity contribution in [2.75, 3.05) is 38.2 Å². The van der Waals surface area contributed by atoms with E-state index in [9.17, 15) is 4.79 Å². The third-order valence-electron chi connectivity index (χ3n) is 4.55. The highest BCUT2D eigenvalue weighted by Gasteiger charge is 2.11. The number of benzene rings is 1. The van der Waals surface area contributed by atoms with Crippen LogP contribution in [0.5, 0.6) is 0 Å². The number of ether oxygens (including phenoxy) is 1. The molecule has 1 aliphatic heterocycles. The van der Waals surface area contributed by atoms with Crippen molar-refractivity contribution in [1.82, 2.24) is 19.7 Å². The number of nitrogens with one attached hydrogen (secondary N) is 2. The highest BCUT2D eigenvalue weighted by atomic mass is 16.5. The van der Waals surface area contributed by atoms with Crippen LogP contribution >= 0.6 is 0 Å². The van der Waals surface area contributed by atoms with Gasteiger partial charge in [-0.1, -0.05) is 0 Å². The molecule has 1 saturated heterocycles. The molecule has 0 saturated carbocycles. The van der Waals surface area contributed by atoms with Gasteiger partial charge in [-0.05, 0) is 24.3 Å². The van der Waals surface area contributed by atoms with E-state index in [1.165, 1.54) is 11.7 Å². The average molecular weight is 339 g/mol. The fraction of sp³-hybridized carbons (Fsp3) is 0.333. The maximum Gasteiger partial charge on any atom is 0.258 e. The molecule has 0 spiro atoms. The zero-order valence-corrected chi connectivity index (χ0v) is 13.9. The summed E-state index contributed by atoms with van der Waals surface area (Å²) in [5, 5.41) is 10.5. The van der Waals surface area contributed by atoms with Crippen LogP contribution in [-0.4, -0.2) is 58.4 Å². The lowest BCUT2D eigenvalue weighted by molar-refractivity contribution is 0.0365. The van der Waals surface area contributed by atoms with E-state index in [0.717, 1.165) is 50.5 Å². The first-order valence-electron chi connectivity index (χ1n) is 8.49. The number of hydrogen-bond donors (Lipinski definition) is 2. The van der Waals surface area contributed by atoms with E-state index >= 15 is 0 Å². The maximum absolute atomic E-state index is 12.1. The van der Waals surface area contributed by atoms with Gasteiger partial charge in [0.2, 0.25) is 0 Å². The van der Waals surface area contributed by atoms with Gasteiger partial charge in [-0.25, -0.2) is 0 Å². The molecule has 2 aromatic heterocycles. The Labute approximate surface area is 145 Å². The molecule has 3 heterocycles. The number of aromatic amines is 1. The summed E-state index contributed by atoms with van der Waals surface area (Å²) >= 11 is 0. The Morgan fingerprint density at radius 2 is 2.12 bits per heavy atom. The molecule has 7 heteroatoms. The van der Waals surface area contributed by atoms with Crippen molar-refractivity contribution in [3.8, 4) is 0 Å². The van der Waals surface area contributed by atoms with Crippen LogP contribution in [0.25, 0.3) is 10.9 Å². The van der Waals surface area contributed by atoms with Gasteiger partial charge in [0, 0.05) is 55.2 Å². The van der Waals surface area contributed by atoms with Crippen LogP contribution < -0.4 is 5.32 Å². The first-order valence-corrected chi connectivity index (χ1v) is 8.49. The molecule has 25 heavy (non-hydrogen) atoms. The number of H-pyrrole nitrogens is 1. The molecule has 2 N–H and O–H groups in total. The van der Waals surface area contributed by atoms with E-state index in [4.69, 9.17) is 4.74 Å². The highest BCUT2D eigenvalue weighted by Crippen LogP contribution is 2.21. The number of carbonyl (C=O) groups is 1. The molecule has 1 fully saturated rings. The number of carbonyl (C=O) groups excluding carboxylic acids is 1.